The van der Waals surface area contributed by atoms with Gasteiger partial charge in [0, 0.05) is 10.9 Å². The van der Waals surface area contributed by atoms with Gasteiger partial charge in [-0.1, -0.05) is 45.0 Å². The van der Waals surface area contributed by atoms with Crippen LogP contribution in [0.4, 0.5) is 5.13 Å². The molecule has 0 saturated heterocycles. The number of benzene rings is 1. The molecule has 8 heteroatoms. The maximum absolute atomic E-state index is 12.4. The number of hydrogen-bond acceptors (Lipinski definition) is 6. The molecule has 0 aliphatic heterocycles. The molecule has 6 nitrogen and oxygen atoms in total. The summed E-state index contributed by atoms with van der Waals surface area (Å²) in [7, 11) is 0. The van der Waals surface area contributed by atoms with Crippen molar-refractivity contribution in [3.8, 4) is 11.3 Å². The molecular formula is C21H20N4O2S2. The van der Waals surface area contributed by atoms with Gasteiger partial charge in [0.05, 0.1) is 17.4 Å². The van der Waals surface area contributed by atoms with E-state index in [1.165, 1.54) is 39.1 Å². The third-order valence-electron chi connectivity index (χ3n) is 4.56. The second kappa shape index (κ2) is 7.53. The fraction of sp³-hybridized carbons (Fsp3) is 0.238. The number of thiophene rings is 1. The lowest BCUT2D eigenvalue weighted by atomic mass is 9.86. The Morgan fingerprint density at radius 1 is 1.14 bits per heavy atom. The minimum Gasteiger partial charge on any atom is -0.300 e. The first-order chi connectivity index (χ1) is 13.8. The number of fused-ring (bicyclic) bond motifs is 1. The van der Waals surface area contributed by atoms with Crippen LogP contribution >= 0.6 is 22.7 Å². The average Bonchev–Trinajstić information content (AvgIpc) is 3.33. The van der Waals surface area contributed by atoms with E-state index in [0.29, 0.717) is 15.3 Å². The highest BCUT2D eigenvalue weighted by Gasteiger charge is 2.14. The van der Waals surface area contributed by atoms with Crippen molar-refractivity contribution >= 4 is 43.9 Å². The summed E-state index contributed by atoms with van der Waals surface area (Å²) >= 11 is 2.76. The molecule has 0 fully saturated rings. The second-order valence-corrected chi connectivity index (χ2v) is 9.48. The van der Waals surface area contributed by atoms with Crippen molar-refractivity contribution in [3.63, 3.8) is 0 Å². The highest BCUT2D eigenvalue weighted by Crippen LogP contribution is 2.28. The predicted molar refractivity (Wildman–Crippen MR) is 119 cm³/mol. The van der Waals surface area contributed by atoms with Crippen molar-refractivity contribution in [2.24, 2.45) is 0 Å². The van der Waals surface area contributed by atoms with Crippen LogP contribution in [0.15, 0.2) is 52.2 Å². The van der Waals surface area contributed by atoms with E-state index in [1.54, 1.807) is 6.07 Å². The monoisotopic (exact) mass is 424 g/mol. The molecule has 3 heterocycles. The molecule has 0 unspecified atom stereocenters. The summed E-state index contributed by atoms with van der Waals surface area (Å²) in [5, 5.41) is 7.52. The van der Waals surface area contributed by atoms with Gasteiger partial charge in [-0.05, 0) is 22.4 Å². The molecule has 0 aliphatic carbocycles. The molecule has 1 aromatic carbocycles. The summed E-state index contributed by atoms with van der Waals surface area (Å²) in [6, 6.07) is 10.0. The normalized spacial score (nSPS) is 11.7. The topological polar surface area (TPSA) is 76.9 Å². The zero-order chi connectivity index (χ0) is 20.6. The molecule has 0 bridgehead atoms. The number of anilines is 1. The van der Waals surface area contributed by atoms with E-state index >= 15 is 0 Å². The quantitative estimate of drug-likeness (QED) is 0.523. The van der Waals surface area contributed by atoms with Crippen molar-refractivity contribution in [1.29, 1.82) is 0 Å². The van der Waals surface area contributed by atoms with Crippen LogP contribution in [0.1, 0.15) is 26.3 Å². The maximum atomic E-state index is 12.4. The number of aromatic nitrogens is 3. The fourth-order valence-electron chi connectivity index (χ4n) is 2.92. The Morgan fingerprint density at radius 3 is 2.62 bits per heavy atom. The van der Waals surface area contributed by atoms with Crippen molar-refractivity contribution in [2.45, 2.75) is 32.7 Å². The number of carbonyl (C=O) groups is 1. The Kier molecular flexibility index (Phi) is 5.06. The summed E-state index contributed by atoms with van der Waals surface area (Å²) in [4.78, 5) is 34.2. The first-order valence-corrected chi connectivity index (χ1v) is 10.9. The summed E-state index contributed by atoms with van der Waals surface area (Å²) in [5.74, 6) is -0.313. The third kappa shape index (κ3) is 4.13. The number of carbonyl (C=O) groups excluding carboxylic acids is 1. The molecule has 29 heavy (non-hydrogen) atoms. The van der Waals surface area contributed by atoms with Crippen LogP contribution in [0.2, 0.25) is 0 Å². The number of rotatable bonds is 4. The molecule has 1 N–H and O–H groups in total. The van der Waals surface area contributed by atoms with E-state index in [2.05, 4.69) is 48.2 Å². The number of thiazole rings is 1. The zero-order valence-electron chi connectivity index (χ0n) is 16.3. The molecule has 0 atom stereocenters. The average molecular weight is 425 g/mol. The summed E-state index contributed by atoms with van der Waals surface area (Å²) < 4.78 is 1.31. The molecular weight excluding hydrogens is 404 g/mol. The second-order valence-electron chi connectivity index (χ2n) is 7.73. The van der Waals surface area contributed by atoms with Crippen LogP contribution in [0.25, 0.3) is 21.5 Å². The first-order valence-electron chi connectivity index (χ1n) is 9.10. The van der Waals surface area contributed by atoms with Crippen LogP contribution in [0.3, 0.4) is 0 Å². The molecule has 4 aromatic rings. The minimum absolute atomic E-state index is 0.0959. The molecule has 1 amide bonds. The molecule has 148 valence electrons. The van der Waals surface area contributed by atoms with E-state index in [-0.39, 0.29) is 23.4 Å². The molecule has 3 aromatic heterocycles. The maximum Gasteiger partial charge on any atom is 0.262 e. The van der Waals surface area contributed by atoms with Gasteiger partial charge in [0.1, 0.15) is 11.4 Å². The summed E-state index contributed by atoms with van der Waals surface area (Å²) in [6.07, 6.45) is 1.41. The van der Waals surface area contributed by atoms with Crippen molar-refractivity contribution in [1.82, 2.24) is 14.5 Å². The van der Waals surface area contributed by atoms with Crippen molar-refractivity contribution in [3.05, 3.63) is 63.3 Å². The number of nitrogens with zero attached hydrogens (tertiary/aromatic N) is 3. The van der Waals surface area contributed by atoms with E-state index in [0.717, 1.165) is 11.3 Å². The van der Waals surface area contributed by atoms with Crippen LogP contribution in [-0.2, 0) is 16.8 Å². The highest BCUT2D eigenvalue weighted by molar-refractivity contribution is 7.16. The van der Waals surface area contributed by atoms with E-state index < -0.39 is 0 Å². The summed E-state index contributed by atoms with van der Waals surface area (Å²) in [5.41, 5.74) is 2.94. The largest absolute Gasteiger partial charge is 0.300 e. The Morgan fingerprint density at radius 2 is 1.90 bits per heavy atom. The number of amides is 1. The van der Waals surface area contributed by atoms with E-state index in [1.807, 2.05) is 22.9 Å². The van der Waals surface area contributed by atoms with Gasteiger partial charge in [0.2, 0.25) is 5.91 Å². The highest BCUT2D eigenvalue weighted by atomic mass is 32.1. The van der Waals surface area contributed by atoms with Gasteiger partial charge in [-0.25, -0.2) is 9.97 Å². The van der Waals surface area contributed by atoms with E-state index in [4.69, 9.17) is 0 Å². The lowest BCUT2D eigenvalue weighted by Gasteiger charge is -2.18. The lowest BCUT2D eigenvalue weighted by Crippen LogP contribution is -2.27. The summed E-state index contributed by atoms with van der Waals surface area (Å²) in [6.45, 7) is 6.42. The molecule has 4 rings (SSSR count). The zero-order valence-corrected chi connectivity index (χ0v) is 17.9. The minimum atomic E-state index is -0.313. The Balaban J connectivity index is 1.46. The van der Waals surface area contributed by atoms with Crippen molar-refractivity contribution < 1.29 is 4.79 Å². The number of hydrogen-bond donors (Lipinski definition) is 1. The molecule has 0 radical (unpaired) electrons. The van der Waals surface area contributed by atoms with Gasteiger partial charge >= 0.3 is 0 Å². The first kappa shape index (κ1) is 19.5. The van der Waals surface area contributed by atoms with Gasteiger partial charge < -0.3 is 5.32 Å². The van der Waals surface area contributed by atoms with Gasteiger partial charge in [-0.2, -0.15) is 0 Å². The smallest absolute Gasteiger partial charge is 0.262 e. The molecule has 0 aliphatic rings. The van der Waals surface area contributed by atoms with Gasteiger partial charge in [-0.3, -0.25) is 14.2 Å². The Hall–Kier alpha value is -2.84. The van der Waals surface area contributed by atoms with Crippen LogP contribution in [0.5, 0.6) is 0 Å². The van der Waals surface area contributed by atoms with Gasteiger partial charge in [0.15, 0.2) is 5.13 Å². The van der Waals surface area contributed by atoms with Crippen molar-refractivity contribution in [2.75, 3.05) is 5.32 Å². The number of nitrogens with one attached hydrogen (secondary N) is 1. The fourth-order valence-corrected chi connectivity index (χ4v) is 4.38. The van der Waals surface area contributed by atoms with Crippen LogP contribution in [-0.4, -0.2) is 20.4 Å². The molecule has 0 spiro atoms. The SMILES string of the molecule is CC(C)(C)c1ccc(-c2csc(NC(=O)Cn3cnc4sccc4c3=O)n2)cc1. The standard InChI is InChI=1S/C21H20N4O2S2/c1-21(2,3)14-6-4-13(5-7-14)16-11-29-20(23-16)24-17(26)10-25-12-22-18-15(19(25)27)8-9-28-18/h4-9,11-12H,10H2,1-3H3,(H,23,24,26). The van der Waals surface area contributed by atoms with E-state index in [9.17, 15) is 9.59 Å². The Bertz CT molecular complexity index is 1230. The lowest BCUT2D eigenvalue weighted by molar-refractivity contribution is -0.116. The van der Waals surface area contributed by atoms with Crippen LogP contribution < -0.4 is 10.9 Å². The molecule has 0 saturated carbocycles. The van der Waals surface area contributed by atoms with Gasteiger partial charge in [0.25, 0.3) is 5.56 Å². The van der Waals surface area contributed by atoms with Crippen LogP contribution in [0, 0.1) is 0 Å². The Labute approximate surface area is 175 Å². The predicted octanol–water partition coefficient (Wildman–Crippen LogP) is 4.52. The third-order valence-corrected chi connectivity index (χ3v) is 6.14. The van der Waals surface area contributed by atoms with Gasteiger partial charge in [-0.15, -0.1) is 22.7 Å².